The molecule has 0 N–H and O–H groups in total. The van der Waals surface area contributed by atoms with E-state index in [1.54, 1.807) is 0 Å². The maximum Gasteiger partial charge on any atom is 0.305 e. The van der Waals surface area contributed by atoms with E-state index in [4.69, 9.17) is 12.6 Å². The minimum absolute atomic E-state index is 0.0247. The number of carbonyl (C=O) groups excluding carboxylic acids is 1. The fourth-order valence-corrected chi connectivity index (χ4v) is 2.73. The summed E-state index contributed by atoms with van der Waals surface area (Å²) in [4.78, 5) is 11.6. The van der Waals surface area contributed by atoms with Crippen molar-refractivity contribution in [1.29, 1.82) is 0 Å². The molecule has 21 heavy (non-hydrogen) atoms. The summed E-state index contributed by atoms with van der Waals surface area (Å²) >= 11 is 0. The molecule has 0 spiro atoms. The average molecular weight is 294 g/mol. The normalized spacial score (nSPS) is 12.3. The minimum atomic E-state index is -0.0247. The highest BCUT2D eigenvalue weighted by Crippen LogP contribution is 2.20. The molecule has 0 aliphatic rings. The van der Waals surface area contributed by atoms with Gasteiger partial charge in [-0.15, -0.1) is 0 Å². The first-order valence-corrected chi connectivity index (χ1v) is 9.10. The third kappa shape index (κ3) is 14.2. The molecule has 3 heteroatoms. The molecule has 0 aliphatic carbocycles. The van der Waals surface area contributed by atoms with Crippen LogP contribution in [0.1, 0.15) is 90.9 Å². The molecule has 1 unspecified atom stereocenters. The van der Waals surface area contributed by atoms with Crippen LogP contribution < -0.4 is 0 Å². The maximum atomic E-state index is 11.6. The highest BCUT2D eigenvalue weighted by atomic mass is 16.5. The van der Waals surface area contributed by atoms with Gasteiger partial charge in [-0.2, -0.15) is 0 Å². The van der Waals surface area contributed by atoms with Gasteiger partial charge in [0.1, 0.15) is 0 Å². The van der Waals surface area contributed by atoms with Gasteiger partial charge in [-0.3, -0.25) is 4.79 Å². The molecule has 0 aromatic carbocycles. The van der Waals surface area contributed by atoms with Gasteiger partial charge in [0.2, 0.25) is 0 Å². The van der Waals surface area contributed by atoms with E-state index in [1.165, 1.54) is 38.5 Å². The van der Waals surface area contributed by atoms with Crippen LogP contribution in [0.4, 0.5) is 0 Å². The molecule has 2 radical (unpaired) electrons. The van der Waals surface area contributed by atoms with Gasteiger partial charge < -0.3 is 4.74 Å². The Labute approximate surface area is 133 Å². The van der Waals surface area contributed by atoms with E-state index in [0.29, 0.717) is 13.0 Å². The number of hydrogen-bond donors (Lipinski definition) is 0. The molecule has 0 aromatic heterocycles. The minimum Gasteiger partial charge on any atom is -0.466 e. The van der Waals surface area contributed by atoms with Crippen LogP contribution in [0, 0.1) is 5.92 Å². The molecular formula is C18H35BO2. The fourth-order valence-electron chi connectivity index (χ4n) is 2.73. The van der Waals surface area contributed by atoms with Gasteiger partial charge in [-0.1, -0.05) is 71.5 Å². The van der Waals surface area contributed by atoms with Crippen molar-refractivity contribution in [3.63, 3.8) is 0 Å². The Balaban J connectivity index is 3.51. The second-order valence-electron chi connectivity index (χ2n) is 6.11. The van der Waals surface area contributed by atoms with Crippen molar-refractivity contribution in [2.45, 2.75) is 97.2 Å². The summed E-state index contributed by atoms with van der Waals surface area (Å²) in [5.74, 6) is 0.799. The summed E-state index contributed by atoms with van der Waals surface area (Å²) in [5, 5.41) is 0. The zero-order chi connectivity index (χ0) is 15.8. The van der Waals surface area contributed by atoms with Crippen molar-refractivity contribution < 1.29 is 9.53 Å². The largest absolute Gasteiger partial charge is 0.466 e. The Hall–Kier alpha value is -0.465. The van der Waals surface area contributed by atoms with E-state index in [1.807, 2.05) is 0 Å². The van der Waals surface area contributed by atoms with Gasteiger partial charge >= 0.3 is 5.97 Å². The van der Waals surface area contributed by atoms with Crippen LogP contribution in [0.5, 0.6) is 0 Å². The van der Waals surface area contributed by atoms with E-state index in [9.17, 15) is 4.79 Å². The van der Waals surface area contributed by atoms with Gasteiger partial charge in [0.05, 0.1) is 14.5 Å². The van der Waals surface area contributed by atoms with Crippen LogP contribution in [0.2, 0.25) is 6.32 Å². The number of rotatable bonds is 15. The summed E-state index contributed by atoms with van der Waals surface area (Å²) in [6.45, 7) is 5.11. The number of hydrogen-bond acceptors (Lipinski definition) is 2. The molecule has 0 aliphatic heterocycles. The molecule has 0 saturated carbocycles. The summed E-state index contributed by atoms with van der Waals surface area (Å²) in [6, 6.07) is 0. The Morgan fingerprint density at radius 1 is 0.905 bits per heavy atom. The number of unbranched alkanes of at least 4 members (excludes halogenated alkanes) is 4. The first-order valence-electron chi connectivity index (χ1n) is 9.10. The molecule has 122 valence electrons. The van der Waals surface area contributed by atoms with Crippen LogP contribution in [0.3, 0.4) is 0 Å². The average Bonchev–Trinajstić information content (AvgIpc) is 2.48. The zero-order valence-electron chi connectivity index (χ0n) is 14.4. The summed E-state index contributed by atoms with van der Waals surface area (Å²) < 4.78 is 5.32. The van der Waals surface area contributed by atoms with Crippen molar-refractivity contribution in [2.75, 3.05) is 6.61 Å². The van der Waals surface area contributed by atoms with Gasteiger partial charge in [-0.05, 0) is 25.2 Å². The Morgan fingerprint density at radius 3 is 2.29 bits per heavy atom. The van der Waals surface area contributed by atoms with Crippen molar-refractivity contribution in [2.24, 2.45) is 5.92 Å². The Bertz CT molecular complexity index is 231. The molecule has 2 nitrogen and oxygen atoms in total. The second kappa shape index (κ2) is 15.9. The molecule has 0 fully saturated rings. The van der Waals surface area contributed by atoms with E-state index in [2.05, 4.69) is 13.8 Å². The van der Waals surface area contributed by atoms with Gasteiger partial charge in [-0.25, -0.2) is 0 Å². The monoisotopic (exact) mass is 294 g/mol. The predicted molar refractivity (Wildman–Crippen MR) is 91.8 cm³/mol. The number of ether oxygens (including phenoxy) is 1. The van der Waals surface area contributed by atoms with Crippen molar-refractivity contribution >= 4 is 13.8 Å². The molecule has 0 bridgehead atoms. The van der Waals surface area contributed by atoms with E-state index in [-0.39, 0.29) is 5.97 Å². The standard InChI is InChI=1S/C18H35BO2/c1-3-5-12-17(11-4-2)13-10-16-21-18(20)14-8-6-7-9-15-19/h17H,3-16H2,1-2H3. The Kier molecular flexibility index (Phi) is 15.6. The van der Waals surface area contributed by atoms with Gasteiger partial charge in [0.15, 0.2) is 0 Å². The third-order valence-electron chi connectivity index (χ3n) is 4.02. The topological polar surface area (TPSA) is 26.3 Å². The SMILES string of the molecule is [B]CCCCCCC(=O)OCCCC(CCC)CCCC. The van der Waals surface area contributed by atoms with E-state index >= 15 is 0 Å². The van der Waals surface area contributed by atoms with Crippen LogP contribution in [0.15, 0.2) is 0 Å². The van der Waals surface area contributed by atoms with E-state index in [0.717, 1.165) is 44.3 Å². The van der Waals surface area contributed by atoms with Crippen LogP contribution in [-0.2, 0) is 9.53 Å². The van der Waals surface area contributed by atoms with Crippen LogP contribution >= 0.6 is 0 Å². The molecular weight excluding hydrogens is 259 g/mol. The lowest BCUT2D eigenvalue weighted by Gasteiger charge is -2.15. The Morgan fingerprint density at radius 2 is 1.62 bits per heavy atom. The quantitative estimate of drug-likeness (QED) is 0.228. The second-order valence-corrected chi connectivity index (χ2v) is 6.11. The predicted octanol–water partition coefficient (Wildman–Crippen LogP) is 5.45. The van der Waals surface area contributed by atoms with Crippen LogP contribution in [-0.4, -0.2) is 20.4 Å². The van der Waals surface area contributed by atoms with E-state index < -0.39 is 0 Å². The molecule has 0 saturated heterocycles. The van der Waals surface area contributed by atoms with Gasteiger partial charge in [0, 0.05) is 6.42 Å². The lowest BCUT2D eigenvalue weighted by Crippen LogP contribution is -2.08. The first kappa shape index (κ1) is 20.5. The molecule has 0 amide bonds. The molecule has 0 rings (SSSR count). The molecule has 0 aromatic rings. The van der Waals surface area contributed by atoms with Gasteiger partial charge in [0.25, 0.3) is 0 Å². The number of carbonyl (C=O) groups is 1. The van der Waals surface area contributed by atoms with Crippen molar-refractivity contribution in [3.05, 3.63) is 0 Å². The molecule has 1 atom stereocenters. The van der Waals surface area contributed by atoms with Crippen molar-refractivity contribution in [1.82, 2.24) is 0 Å². The smallest absolute Gasteiger partial charge is 0.305 e. The summed E-state index contributed by atoms with van der Waals surface area (Å²) in [7, 11) is 5.44. The highest BCUT2D eigenvalue weighted by molar-refractivity contribution is 6.08. The third-order valence-corrected chi connectivity index (χ3v) is 4.02. The summed E-state index contributed by atoms with van der Waals surface area (Å²) in [6.07, 6.45) is 14.3. The maximum absolute atomic E-state index is 11.6. The number of esters is 1. The molecule has 0 heterocycles. The zero-order valence-corrected chi connectivity index (χ0v) is 14.4. The first-order chi connectivity index (χ1) is 10.2. The van der Waals surface area contributed by atoms with Crippen LogP contribution in [0.25, 0.3) is 0 Å². The fraction of sp³-hybridized carbons (Fsp3) is 0.944. The lowest BCUT2D eigenvalue weighted by molar-refractivity contribution is -0.144. The lowest BCUT2D eigenvalue weighted by atomic mass is 9.93. The summed E-state index contributed by atoms with van der Waals surface area (Å²) in [5.41, 5.74) is 0. The van der Waals surface area contributed by atoms with Crippen molar-refractivity contribution in [3.8, 4) is 0 Å². The highest BCUT2D eigenvalue weighted by Gasteiger charge is 2.08.